The van der Waals surface area contributed by atoms with E-state index < -0.39 is 5.97 Å². The monoisotopic (exact) mass is 177 g/mol. The maximum atomic E-state index is 10.3. The molecule has 0 saturated heterocycles. The highest BCUT2D eigenvalue weighted by molar-refractivity contribution is 5.70. The van der Waals surface area contributed by atoms with Gasteiger partial charge in [-0.05, 0) is 0 Å². The van der Waals surface area contributed by atoms with Crippen LogP contribution in [0.25, 0.3) is 0 Å². The van der Waals surface area contributed by atoms with Crippen LogP contribution < -0.4 is 5.90 Å². The van der Waals surface area contributed by atoms with Crippen LogP contribution >= 0.6 is 0 Å². The van der Waals surface area contributed by atoms with Gasteiger partial charge in [0.2, 0.25) is 0 Å². The van der Waals surface area contributed by atoms with Gasteiger partial charge >= 0.3 is 11.9 Å². The zero-order valence-corrected chi connectivity index (χ0v) is 6.74. The predicted octanol–water partition coefficient (Wildman–Crippen LogP) is -1.02. The first kappa shape index (κ1) is 10.9. The second-order valence-corrected chi connectivity index (χ2v) is 1.88. The summed E-state index contributed by atoms with van der Waals surface area (Å²) in [6.45, 7) is 1.31. The number of ether oxygens (including phenoxy) is 2. The number of rotatable bonds is 5. The third kappa shape index (κ3) is 6.97. The molecule has 0 unspecified atom stereocenters. The zero-order valence-electron chi connectivity index (χ0n) is 6.74. The minimum Gasteiger partial charge on any atom is -0.463 e. The Morgan fingerprint density at radius 2 is 2.00 bits per heavy atom. The van der Waals surface area contributed by atoms with E-state index in [0.29, 0.717) is 0 Å². The van der Waals surface area contributed by atoms with E-state index in [1.54, 1.807) is 0 Å². The molecule has 0 fully saturated rings. The van der Waals surface area contributed by atoms with E-state index in [0.717, 1.165) is 0 Å². The maximum Gasteiger partial charge on any atom is 0.350 e. The van der Waals surface area contributed by atoms with Gasteiger partial charge in [0.1, 0.15) is 13.2 Å². The van der Waals surface area contributed by atoms with Crippen LogP contribution in [0, 0.1) is 0 Å². The Labute approximate surface area is 69.5 Å². The number of hydrogen-bond acceptors (Lipinski definition) is 6. The summed E-state index contributed by atoms with van der Waals surface area (Å²) >= 11 is 0. The summed E-state index contributed by atoms with van der Waals surface area (Å²) in [5.41, 5.74) is 0. The molecule has 0 amide bonds. The number of carbonyl (C=O) groups excluding carboxylic acids is 2. The van der Waals surface area contributed by atoms with E-state index in [-0.39, 0.29) is 25.8 Å². The molecule has 0 heterocycles. The Kier molecular flexibility index (Phi) is 5.94. The van der Waals surface area contributed by atoms with Gasteiger partial charge in [-0.2, -0.15) is 5.90 Å². The molecule has 0 atom stereocenters. The van der Waals surface area contributed by atoms with Crippen molar-refractivity contribution in [3.8, 4) is 0 Å². The Balaban J connectivity index is 3.11. The first-order chi connectivity index (χ1) is 5.66. The molecule has 0 aliphatic heterocycles. The molecule has 0 radical (unpaired) electrons. The van der Waals surface area contributed by atoms with Crippen LogP contribution in [0.15, 0.2) is 0 Å². The molecule has 0 bridgehead atoms. The van der Waals surface area contributed by atoms with Crippen molar-refractivity contribution >= 4 is 11.9 Å². The highest BCUT2D eigenvalue weighted by Gasteiger charge is 1.99. The standard InChI is InChI=1S/C6H11NO5/c1-5(8)11-3-2-10-4-6(9)12-7/h2-4,7H2,1H3. The highest BCUT2D eigenvalue weighted by atomic mass is 16.7. The third-order valence-electron chi connectivity index (χ3n) is 0.884. The van der Waals surface area contributed by atoms with Crippen LogP contribution in [-0.2, 0) is 23.9 Å². The Morgan fingerprint density at radius 1 is 1.33 bits per heavy atom. The summed E-state index contributed by atoms with van der Waals surface area (Å²) in [4.78, 5) is 24.3. The molecule has 70 valence electrons. The average Bonchev–Trinajstić information content (AvgIpc) is 2.03. The zero-order chi connectivity index (χ0) is 9.40. The summed E-state index contributed by atoms with van der Waals surface area (Å²) in [5, 5.41) is 0. The van der Waals surface area contributed by atoms with Crippen LogP contribution in [-0.4, -0.2) is 31.8 Å². The van der Waals surface area contributed by atoms with E-state index in [9.17, 15) is 9.59 Å². The molecule has 0 saturated carbocycles. The number of hydrogen-bond donors (Lipinski definition) is 1. The highest BCUT2D eigenvalue weighted by Crippen LogP contribution is 1.80. The lowest BCUT2D eigenvalue weighted by atomic mass is 10.7. The lowest BCUT2D eigenvalue weighted by Gasteiger charge is -2.02. The van der Waals surface area contributed by atoms with E-state index in [1.165, 1.54) is 6.92 Å². The lowest BCUT2D eigenvalue weighted by molar-refractivity contribution is -0.151. The second kappa shape index (κ2) is 6.56. The Bertz CT molecular complexity index is 158. The SMILES string of the molecule is CC(=O)OCCOCC(=O)ON. The molecular weight excluding hydrogens is 166 g/mol. The first-order valence-electron chi connectivity index (χ1n) is 3.27. The largest absolute Gasteiger partial charge is 0.463 e. The van der Waals surface area contributed by atoms with Gasteiger partial charge in [0.25, 0.3) is 0 Å². The molecule has 0 aromatic heterocycles. The lowest BCUT2D eigenvalue weighted by Crippen LogP contribution is -2.18. The fourth-order valence-electron chi connectivity index (χ4n) is 0.434. The van der Waals surface area contributed by atoms with Crippen molar-refractivity contribution in [2.75, 3.05) is 19.8 Å². The number of esters is 1. The quantitative estimate of drug-likeness (QED) is 0.328. The summed E-state index contributed by atoms with van der Waals surface area (Å²) in [5.74, 6) is 3.46. The molecule has 6 heteroatoms. The average molecular weight is 177 g/mol. The van der Waals surface area contributed by atoms with Gasteiger partial charge in [-0.15, -0.1) is 0 Å². The topological polar surface area (TPSA) is 87.8 Å². The van der Waals surface area contributed by atoms with Gasteiger partial charge in [-0.3, -0.25) is 4.79 Å². The number of nitrogens with two attached hydrogens (primary N) is 1. The summed E-state index contributed by atoms with van der Waals surface area (Å²) in [6.07, 6.45) is 0. The van der Waals surface area contributed by atoms with Crippen molar-refractivity contribution in [3.05, 3.63) is 0 Å². The maximum absolute atomic E-state index is 10.3. The van der Waals surface area contributed by atoms with E-state index in [1.807, 2.05) is 0 Å². The van der Waals surface area contributed by atoms with Crippen molar-refractivity contribution in [1.82, 2.24) is 0 Å². The van der Waals surface area contributed by atoms with Gasteiger partial charge in [0.05, 0.1) is 6.61 Å². The van der Waals surface area contributed by atoms with Crippen molar-refractivity contribution in [2.24, 2.45) is 5.90 Å². The van der Waals surface area contributed by atoms with Crippen molar-refractivity contribution < 1.29 is 23.9 Å². The second-order valence-electron chi connectivity index (χ2n) is 1.88. The van der Waals surface area contributed by atoms with E-state index >= 15 is 0 Å². The van der Waals surface area contributed by atoms with Gasteiger partial charge in [0, 0.05) is 6.92 Å². The normalized spacial score (nSPS) is 9.17. The molecule has 12 heavy (non-hydrogen) atoms. The summed E-state index contributed by atoms with van der Waals surface area (Å²) < 4.78 is 9.21. The molecular formula is C6H11NO5. The molecule has 2 N–H and O–H groups in total. The summed E-state index contributed by atoms with van der Waals surface area (Å²) in [7, 11) is 0. The van der Waals surface area contributed by atoms with Crippen LogP contribution in [0.4, 0.5) is 0 Å². The van der Waals surface area contributed by atoms with Crippen LogP contribution in [0.3, 0.4) is 0 Å². The fourth-order valence-corrected chi connectivity index (χ4v) is 0.434. The first-order valence-corrected chi connectivity index (χ1v) is 3.27. The molecule has 0 aliphatic rings. The van der Waals surface area contributed by atoms with Crippen LogP contribution in [0.1, 0.15) is 6.92 Å². The van der Waals surface area contributed by atoms with Gasteiger partial charge < -0.3 is 14.3 Å². The van der Waals surface area contributed by atoms with Crippen LogP contribution in [0.5, 0.6) is 0 Å². The van der Waals surface area contributed by atoms with Crippen LogP contribution in [0.2, 0.25) is 0 Å². The molecule has 0 aromatic carbocycles. The Morgan fingerprint density at radius 3 is 2.50 bits per heavy atom. The molecule has 0 rings (SSSR count). The smallest absolute Gasteiger partial charge is 0.350 e. The summed E-state index contributed by atoms with van der Waals surface area (Å²) in [6, 6.07) is 0. The Hall–Kier alpha value is -1.14. The predicted molar refractivity (Wildman–Crippen MR) is 37.7 cm³/mol. The number of carbonyl (C=O) groups is 2. The van der Waals surface area contributed by atoms with E-state index in [2.05, 4.69) is 15.5 Å². The van der Waals surface area contributed by atoms with Crippen molar-refractivity contribution in [2.45, 2.75) is 6.92 Å². The molecule has 0 spiro atoms. The van der Waals surface area contributed by atoms with Gasteiger partial charge in [-0.25, -0.2) is 4.79 Å². The van der Waals surface area contributed by atoms with E-state index in [4.69, 9.17) is 4.74 Å². The van der Waals surface area contributed by atoms with Crippen molar-refractivity contribution in [1.29, 1.82) is 0 Å². The van der Waals surface area contributed by atoms with Crippen molar-refractivity contribution in [3.63, 3.8) is 0 Å². The third-order valence-corrected chi connectivity index (χ3v) is 0.884. The minimum absolute atomic E-state index is 0.118. The van der Waals surface area contributed by atoms with Gasteiger partial charge in [0.15, 0.2) is 0 Å². The minimum atomic E-state index is -0.669. The molecule has 0 aromatic rings. The molecule has 6 nitrogen and oxygen atoms in total. The molecule has 0 aliphatic carbocycles. The fraction of sp³-hybridized carbons (Fsp3) is 0.667. The van der Waals surface area contributed by atoms with Gasteiger partial charge in [-0.1, -0.05) is 0 Å².